The fourth-order valence-corrected chi connectivity index (χ4v) is 4.09. The van der Waals surface area contributed by atoms with E-state index in [0.29, 0.717) is 5.56 Å². The first-order chi connectivity index (χ1) is 14.3. The number of carbonyl (C=O) groups is 1. The summed E-state index contributed by atoms with van der Waals surface area (Å²) in [7, 11) is 0. The molecule has 0 radical (unpaired) electrons. The third kappa shape index (κ3) is 3.49. The molecule has 4 aromatic rings. The first-order valence-electron chi connectivity index (χ1n) is 10.0. The van der Waals surface area contributed by atoms with Gasteiger partial charge in [-0.3, -0.25) is 9.89 Å². The van der Waals surface area contributed by atoms with E-state index in [1.54, 1.807) is 0 Å². The standard InChI is InChI=1S/C23H23N5O/c29-23(19-9-4-10-20-18(19)11-12-24-20)25-17-8-5-13-28(15-17)22-14-21(26-27-22)16-6-2-1-3-7-16/h1-4,6-7,9-12,14,17,24H,5,8,13,15H2,(H,25,29)(H,26,27)/t17-/m1/s1. The van der Waals surface area contributed by atoms with E-state index in [2.05, 4.69) is 43.6 Å². The van der Waals surface area contributed by atoms with Crippen LogP contribution in [0.4, 0.5) is 5.82 Å². The number of aromatic nitrogens is 3. The molecule has 2 aromatic carbocycles. The second-order valence-corrected chi connectivity index (χ2v) is 7.51. The summed E-state index contributed by atoms with van der Waals surface area (Å²) in [5.41, 5.74) is 3.82. The molecule has 1 fully saturated rings. The van der Waals surface area contributed by atoms with Crippen LogP contribution in [-0.4, -0.2) is 40.2 Å². The zero-order chi connectivity index (χ0) is 19.6. The van der Waals surface area contributed by atoms with Gasteiger partial charge in [0.1, 0.15) is 0 Å². The normalized spacial score (nSPS) is 16.8. The maximum atomic E-state index is 12.9. The van der Waals surface area contributed by atoms with Crippen LogP contribution in [0.5, 0.6) is 0 Å². The van der Waals surface area contributed by atoms with Gasteiger partial charge >= 0.3 is 0 Å². The lowest BCUT2D eigenvalue weighted by Crippen LogP contribution is -2.48. The van der Waals surface area contributed by atoms with E-state index in [-0.39, 0.29) is 11.9 Å². The molecule has 0 bridgehead atoms. The number of hydrogen-bond acceptors (Lipinski definition) is 3. The second-order valence-electron chi connectivity index (χ2n) is 7.51. The molecule has 0 unspecified atom stereocenters. The quantitative estimate of drug-likeness (QED) is 0.498. The van der Waals surface area contributed by atoms with E-state index in [0.717, 1.165) is 53.9 Å². The molecular weight excluding hydrogens is 362 g/mol. The Labute approximate surface area is 168 Å². The molecule has 2 aromatic heterocycles. The Balaban J connectivity index is 1.29. The van der Waals surface area contributed by atoms with Gasteiger partial charge in [0.05, 0.1) is 5.69 Å². The number of nitrogens with one attached hydrogen (secondary N) is 3. The van der Waals surface area contributed by atoms with Crippen molar-refractivity contribution < 1.29 is 4.79 Å². The van der Waals surface area contributed by atoms with Gasteiger partial charge in [0.25, 0.3) is 5.91 Å². The Morgan fingerprint density at radius 3 is 2.90 bits per heavy atom. The number of carbonyl (C=O) groups excluding carboxylic acids is 1. The Kier molecular flexibility index (Phi) is 4.52. The third-order valence-corrected chi connectivity index (χ3v) is 5.57. The topological polar surface area (TPSA) is 76.8 Å². The van der Waals surface area contributed by atoms with Crippen molar-refractivity contribution in [2.24, 2.45) is 0 Å². The van der Waals surface area contributed by atoms with Crippen molar-refractivity contribution in [3.63, 3.8) is 0 Å². The summed E-state index contributed by atoms with van der Waals surface area (Å²) in [6.07, 6.45) is 3.86. The Morgan fingerprint density at radius 1 is 1.10 bits per heavy atom. The van der Waals surface area contributed by atoms with Crippen molar-refractivity contribution in [1.29, 1.82) is 0 Å². The number of amides is 1. The van der Waals surface area contributed by atoms with Crippen molar-refractivity contribution in [2.45, 2.75) is 18.9 Å². The van der Waals surface area contributed by atoms with Crippen LogP contribution in [-0.2, 0) is 0 Å². The van der Waals surface area contributed by atoms with E-state index in [1.807, 2.05) is 48.7 Å². The zero-order valence-electron chi connectivity index (χ0n) is 16.1. The molecule has 29 heavy (non-hydrogen) atoms. The highest BCUT2D eigenvalue weighted by molar-refractivity contribution is 6.06. The fraction of sp³-hybridized carbons (Fsp3) is 0.217. The van der Waals surface area contributed by atoms with Crippen molar-refractivity contribution in [3.05, 3.63) is 72.4 Å². The van der Waals surface area contributed by atoms with Crippen molar-refractivity contribution in [3.8, 4) is 11.3 Å². The van der Waals surface area contributed by atoms with Crippen molar-refractivity contribution >= 4 is 22.6 Å². The van der Waals surface area contributed by atoms with E-state index < -0.39 is 0 Å². The predicted molar refractivity (Wildman–Crippen MR) is 115 cm³/mol. The number of fused-ring (bicyclic) bond motifs is 1. The molecule has 3 N–H and O–H groups in total. The highest BCUT2D eigenvalue weighted by atomic mass is 16.1. The highest BCUT2D eigenvalue weighted by Crippen LogP contribution is 2.24. The van der Waals surface area contributed by atoms with Gasteiger partial charge in [0.2, 0.25) is 0 Å². The first kappa shape index (κ1) is 17.6. The van der Waals surface area contributed by atoms with Crippen LogP contribution in [0.25, 0.3) is 22.2 Å². The van der Waals surface area contributed by atoms with E-state index in [9.17, 15) is 4.79 Å². The first-order valence-corrected chi connectivity index (χ1v) is 10.0. The predicted octanol–water partition coefficient (Wildman–Crippen LogP) is 3.96. The minimum absolute atomic E-state index is 0.0194. The maximum absolute atomic E-state index is 12.9. The minimum Gasteiger partial charge on any atom is -0.361 e. The summed E-state index contributed by atoms with van der Waals surface area (Å²) >= 11 is 0. The van der Waals surface area contributed by atoms with Gasteiger partial charge in [-0.25, -0.2) is 0 Å². The molecule has 1 amide bonds. The van der Waals surface area contributed by atoms with Gasteiger partial charge in [0, 0.05) is 47.9 Å². The van der Waals surface area contributed by atoms with E-state index in [4.69, 9.17) is 0 Å². The van der Waals surface area contributed by atoms with Crippen molar-refractivity contribution in [1.82, 2.24) is 20.5 Å². The average molecular weight is 385 g/mol. The number of nitrogens with zero attached hydrogens (tertiary/aromatic N) is 2. The van der Waals surface area contributed by atoms with Crippen LogP contribution >= 0.6 is 0 Å². The van der Waals surface area contributed by atoms with Crippen LogP contribution < -0.4 is 10.2 Å². The summed E-state index contributed by atoms with van der Waals surface area (Å²) in [6, 6.07) is 20.1. The van der Waals surface area contributed by atoms with Gasteiger partial charge in [-0.05, 0) is 36.6 Å². The summed E-state index contributed by atoms with van der Waals surface area (Å²) in [5, 5.41) is 11.8. The number of rotatable bonds is 4. The van der Waals surface area contributed by atoms with E-state index in [1.165, 1.54) is 0 Å². The molecule has 5 rings (SSSR count). The number of anilines is 1. The van der Waals surface area contributed by atoms with Gasteiger partial charge < -0.3 is 15.2 Å². The summed E-state index contributed by atoms with van der Waals surface area (Å²) < 4.78 is 0. The summed E-state index contributed by atoms with van der Waals surface area (Å²) in [5.74, 6) is 0.907. The van der Waals surface area contributed by atoms with Gasteiger partial charge in [-0.2, -0.15) is 5.10 Å². The lowest BCUT2D eigenvalue weighted by atomic mass is 10.0. The zero-order valence-corrected chi connectivity index (χ0v) is 16.1. The van der Waals surface area contributed by atoms with Gasteiger partial charge in [-0.1, -0.05) is 36.4 Å². The molecule has 6 heteroatoms. The monoisotopic (exact) mass is 385 g/mol. The molecule has 3 heterocycles. The average Bonchev–Trinajstić information content (AvgIpc) is 3.44. The number of benzene rings is 2. The Morgan fingerprint density at radius 2 is 2.00 bits per heavy atom. The van der Waals surface area contributed by atoms with Gasteiger partial charge in [-0.15, -0.1) is 0 Å². The lowest BCUT2D eigenvalue weighted by molar-refractivity contribution is 0.0935. The third-order valence-electron chi connectivity index (χ3n) is 5.57. The van der Waals surface area contributed by atoms with Crippen LogP contribution in [0.15, 0.2) is 66.9 Å². The van der Waals surface area contributed by atoms with Crippen LogP contribution in [0.3, 0.4) is 0 Å². The molecule has 146 valence electrons. The van der Waals surface area contributed by atoms with Crippen LogP contribution in [0, 0.1) is 0 Å². The molecular formula is C23H23N5O. The van der Waals surface area contributed by atoms with Gasteiger partial charge in [0.15, 0.2) is 5.82 Å². The second kappa shape index (κ2) is 7.47. The molecule has 0 saturated carbocycles. The number of hydrogen-bond donors (Lipinski definition) is 3. The molecule has 1 saturated heterocycles. The Hall–Kier alpha value is -3.54. The summed E-state index contributed by atoms with van der Waals surface area (Å²) in [6.45, 7) is 1.70. The molecule has 1 atom stereocenters. The molecule has 1 aliphatic heterocycles. The van der Waals surface area contributed by atoms with Crippen molar-refractivity contribution in [2.75, 3.05) is 18.0 Å². The highest BCUT2D eigenvalue weighted by Gasteiger charge is 2.24. The molecule has 1 aliphatic rings. The molecule has 6 nitrogen and oxygen atoms in total. The van der Waals surface area contributed by atoms with E-state index >= 15 is 0 Å². The number of H-pyrrole nitrogens is 2. The maximum Gasteiger partial charge on any atom is 0.252 e. The minimum atomic E-state index is -0.0194. The molecule has 0 spiro atoms. The Bertz CT molecular complexity index is 1130. The molecule has 0 aliphatic carbocycles. The summed E-state index contributed by atoms with van der Waals surface area (Å²) in [4.78, 5) is 18.3. The number of aromatic amines is 2. The smallest absolute Gasteiger partial charge is 0.252 e. The SMILES string of the molecule is O=C(N[C@@H]1CCCN(c2cc(-c3ccccc3)[nH]n2)C1)c1cccc2[nH]ccc12. The van der Waals surface area contributed by atoms with Crippen LogP contribution in [0.2, 0.25) is 0 Å². The number of piperidine rings is 1. The fourth-order valence-electron chi connectivity index (χ4n) is 4.09. The lowest BCUT2D eigenvalue weighted by Gasteiger charge is -2.33. The largest absolute Gasteiger partial charge is 0.361 e. The van der Waals surface area contributed by atoms with Crippen LogP contribution in [0.1, 0.15) is 23.2 Å².